The molecule has 0 fully saturated rings. The lowest BCUT2D eigenvalue weighted by Gasteiger charge is -2.10. The zero-order valence-corrected chi connectivity index (χ0v) is 21.4. The second kappa shape index (κ2) is 8.65. The first kappa shape index (κ1) is 22.3. The molecule has 0 bridgehead atoms. The number of fused-ring (bicyclic) bond motifs is 6. The summed E-state index contributed by atoms with van der Waals surface area (Å²) in [7, 11) is 0. The first-order valence-corrected chi connectivity index (χ1v) is 13.1. The molecule has 0 aliphatic carbocycles. The maximum Gasteiger partial charge on any atom is 0.288 e. The Hall–Kier alpha value is -5.73. The van der Waals surface area contributed by atoms with Gasteiger partial charge in [-0.15, -0.1) is 4.98 Å². The molecule has 0 aliphatic rings. The van der Waals surface area contributed by atoms with E-state index < -0.39 is 0 Å². The number of aromatic nitrogens is 4. The van der Waals surface area contributed by atoms with Crippen molar-refractivity contribution in [2.75, 3.05) is 0 Å². The number of hydrogen-bond donors (Lipinski definition) is 0. The van der Waals surface area contributed by atoms with Gasteiger partial charge in [0.25, 0.3) is 5.82 Å². The van der Waals surface area contributed by atoms with Crippen LogP contribution >= 0.6 is 0 Å². The third-order valence-corrected chi connectivity index (χ3v) is 7.67. The molecule has 5 aromatic carbocycles. The summed E-state index contributed by atoms with van der Waals surface area (Å²) in [5, 5.41) is 4.78. The Morgan fingerprint density at radius 3 is 2.02 bits per heavy atom. The smallest absolute Gasteiger partial charge is 0.288 e. The third kappa shape index (κ3) is 3.20. The SMILES string of the molecule is [C-]#[N+]c1cnc(-n2c3ccccc3c3c(-c4ccc5c6ccccc6n(-c6ccccc6)c5c4)cccc32)cn1. The molecule has 8 rings (SSSR count). The van der Waals surface area contributed by atoms with Crippen molar-refractivity contribution in [3.63, 3.8) is 0 Å². The van der Waals surface area contributed by atoms with Gasteiger partial charge in [0.1, 0.15) is 0 Å². The van der Waals surface area contributed by atoms with Gasteiger partial charge in [0.2, 0.25) is 0 Å². The van der Waals surface area contributed by atoms with Gasteiger partial charge in [-0.2, -0.15) is 0 Å². The molecular formula is C35H21N5. The maximum atomic E-state index is 7.25. The largest absolute Gasteiger partial charge is 0.359 e. The van der Waals surface area contributed by atoms with Gasteiger partial charge in [0.15, 0.2) is 12.0 Å². The van der Waals surface area contributed by atoms with Gasteiger partial charge in [-0.25, -0.2) is 4.98 Å². The number of para-hydroxylation sites is 3. The fraction of sp³-hybridized carbons (Fsp3) is 0. The van der Waals surface area contributed by atoms with Crippen LogP contribution in [0.4, 0.5) is 5.82 Å². The predicted octanol–water partition coefficient (Wildman–Crippen LogP) is 8.89. The standard InChI is InChI=1S/C35H21N5/c1-36-33-21-38-34(22-37-33)40-30-16-8-6-13-28(30)35-25(14-9-17-31(35)40)23-18-19-27-26-12-5-7-15-29(26)39(32(27)20-23)24-10-3-2-4-11-24/h2-22H. The van der Waals surface area contributed by atoms with Gasteiger partial charge in [-0.1, -0.05) is 85.4 Å². The number of rotatable bonds is 3. The summed E-state index contributed by atoms with van der Waals surface area (Å²) in [6.45, 7) is 7.25. The molecule has 5 nitrogen and oxygen atoms in total. The highest BCUT2D eigenvalue weighted by atomic mass is 15.1. The second-order valence-corrected chi connectivity index (χ2v) is 9.82. The lowest BCUT2D eigenvalue weighted by Crippen LogP contribution is -1.97. The summed E-state index contributed by atoms with van der Waals surface area (Å²) in [6.07, 6.45) is 3.21. The van der Waals surface area contributed by atoms with Gasteiger partial charge in [0.05, 0.1) is 28.3 Å². The van der Waals surface area contributed by atoms with Crippen molar-refractivity contribution in [3.05, 3.63) is 139 Å². The van der Waals surface area contributed by atoms with E-state index in [2.05, 4.69) is 133 Å². The molecule has 3 aromatic heterocycles. The van der Waals surface area contributed by atoms with Crippen LogP contribution in [0.3, 0.4) is 0 Å². The van der Waals surface area contributed by atoms with E-state index in [-0.39, 0.29) is 5.82 Å². The van der Waals surface area contributed by atoms with Crippen LogP contribution in [0.1, 0.15) is 0 Å². The van der Waals surface area contributed by atoms with Crippen LogP contribution in [0.5, 0.6) is 0 Å². The van der Waals surface area contributed by atoms with Gasteiger partial charge < -0.3 is 9.41 Å². The van der Waals surface area contributed by atoms with Crippen molar-refractivity contribution >= 4 is 49.4 Å². The Bertz CT molecular complexity index is 2270. The molecule has 0 unspecified atom stereocenters. The van der Waals surface area contributed by atoms with Gasteiger partial charge in [-0.05, 0) is 47.5 Å². The minimum atomic E-state index is 0.285. The zero-order valence-electron chi connectivity index (χ0n) is 21.4. The van der Waals surface area contributed by atoms with Crippen LogP contribution in [-0.2, 0) is 0 Å². The highest BCUT2D eigenvalue weighted by Crippen LogP contribution is 2.40. The fourth-order valence-corrected chi connectivity index (χ4v) is 5.99. The number of nitrogens with zero attached hydrogens (tertiary/aromatic N) is 5. The monoisotopic (exact) mass is 511 g/mol. The van der Waals surface area contributed by atoms with Crippen molar-refractivity contribution in [3.8, 4) is 22.6 Å². The molecule has 0 aliphatic heterocycles. The molecule has 0 saturated heterocycles. The van der Waals surface area contributed by atoms with E-state index in [4.69, 9.17) is 6.57 Å². The Labute approximate surface area is 230 Å². The average molecular weight is 512 g/mol. The fourth-order valence-electron chi connectivity index (χ4n) is 5.99. The number of benzene rings is 5. The molecule has 40 heavy (non-hydrogen) atoms. The quantitative estimate of drug-likeness (QED) is 0.222. The van der Waals surface area contributed by atoms with E-state index in [0.29, 0.717) is 5.82 Å². The van der Waals surface area contributed by atoms with E-state index in [0.717, 1.165) is 38.6 Å². The minimum Gasteiger partial charge on any atom is -0.359 e. The Morgan fingerprint density at radius 2 is 1.25 bits per heavy atom. The zero-order chi connectivity index (χ0) is 26.6. The Kier molecular flexibility index (Phi) is 4.82. The molecule has 3 heterocycles. The van der Waals surface area contributed by atoms with Crippen LogP contribution in [0, 0.1) is 6.57 Å². The summed E-state index contributed by atoms with van der Waals surface area (Å²) in [6, 6.07) is 40.8. The molecule has 186 valence electrons. The molecule has 0 atom stereocenters. The van der Waals surface area contributed by atoms with Crippen LogP contribution in [0.15, 0.2) is 128 Å². The molecule has 0 saturated carbocycles. The molecule has 0 N–H and O–H groups in total. The lowest BCUT2D eigenvalue weighted by atomic mass is 9.98. The van der Waals surface area contributed by atoms with Crippen LogP contribution in [-0.4, -0.2) is 19.1 Å². The van der Waals surface area contributed by atoms with Crippen molar-refractivity contribution in [2.24, 2.45) is 0 Å². The van der Waals surface area contributed by atoms with Crippen molar-refractivity contribution in [1.82, 2.24) is 19.1 Å². The van der Waals surface area contributed by atoms with E-state index in [1.807, 2.05) is 6.07 Å². The summed E-state index contributed by atoms with van der Waals surface area (Å²) in [5.74, 6) is 0.975. The van der Waals surface area contributed by atoms with Gasteiger partial charge in [0, 0.05) is 27.2 Å². The lowest BCUT2D eigenvalue weighted by molar-refractivity contribution is 1.05. The molecule has 8 aromatic rings. The Morgan fingerprint density at radius 1 is 0.550 bits per heavy atom. The van der Waals surface area contributed by atoms with E-state index in [1.165, 1.54) is 28.0 Å². The predicted molar refractivity (Wildman–Crippen MR) is 162 cm³/mol. The normalized spacial score (nSPS) is 11.5. The van der Waals surface area contributed by atoms with Crippen LogP contribution in [0.2, 0.25) is 0 Å². The second-order valence-electron chi connectivity index (χ2n) is 9.82. The van der Waals surface area contributed by atoms with Crippen LogP contribution in [0.25, 0.3) is 71.1 Å². The molecule has 0 amide bonds. The van der Waals surface area contributed by atoms with Crippen molar-refractivity contribution < 1.29 is 0 Å². The maximum absolute atomic E-state index is 7.25. The average Bonchev–Trinajstić information content (AvgIpc) is 3.54. The van der Waals surface area contributed by atoms with Crippen molar-refractivity contribution in [2.45, 2.75) is 0 Å². The van der Waals surface area contributed by atoms with E-state index >= 15 is 0 Å². The van der Waals surface area contributed by atoms with E-state index in [1.54, 1.807) is 6.20 Å². The molecular weight excluding hydrogens is 490 g/mol. The summed E-state index contributed by atoms with van der Waals surface area (Å²) >= 11 is 0. The first-order chi connectivity index (χ1) is 19.8. The number of hydrogen-bond acceptors (Lipinski definition) is 2. The summed E-state index contributed by atoms with van der Waals surface area (Å²) < 4.78 is 4.49. The van der Waals surface area contributed by atoms with Crippen LogP contribution < -0.4 is 0 Å². The molecule has 0 radical (unpaired) electrons. The minimum absolute atomic E-state index is 0.285. The molecule has 0 spiro atoms. The van der Waals surface area contributed by atoms with Gasteiger partial charge >= 0.3 is 0 Å². The van der Waals surface area contributed by atoms with Gasteiger partial charge in [-0.3, -0.25) is 4.57 Å². The third-order valence-electron chi connectivity index (χ3n) is 7.67. The van der Waals surface area contributed by atoms with E-state index in [9.17, 15) is 0 Å². The highest BCUT2D eigenvalue weighted by Gasteiger charge is 2.19. The first-order valence-electron chi connectivity index (χ1n) is 13.1. The molecule has 5 heteroatoms. The Balaban J connectivity index is 1.43. The summed E-state index contributed by atoms with van der Waals surface area (Å²) in [5.41, 5.74) is 7.91. The summed E-state index contributed by atoms with van der Waals surface area (Å²) in [4.78, 5) is 12.3. The van der Waals surface area contributed by atoms with Crippen molar-refractivity contribution in [1.29, 1.82) is 0 Å². The highest BCUT2D eigenvalue weighted by molar-refractivity contribution is 6.17. The topological polar surface area (TPSA) is 40.0 Å².